The molecule has 1 aromatic carbocycles. The van der Waals surface area contributed by atoms with Gasteiger partial charge in [0.1, 0.15) is 4.62 Å². The van der Waals surface area contributed by atoms with Crippen LogP contribution in [-0.4, -0.2) is 15.7 Å². The van der Waals surface area contributed by atoms with Crippen molar-refractivity contribution in [2.75, 3.05) is 0 Å². The Morgan fingerprint density at radius 2 is 2.33 bits per heavy atom. The van der Waals surface area contributed by atoms with Gasteiger partial charge >= 0.3 is 5.97 Å². The number of oxime groups is 1. The Hall–Kier alpha value is -1.36. The Kier molecular flexibility index (Phi) is 2.66. The van der Waals surface area contributed by atoms with Gasteiger partial charge in [-0.25, -0.2) is 4.79 Å². The lowest BCUT2D eigenvalue weighted by molar-refractivity contribution is -0.0363. The first-order valence-corrected chi connectivity index (χ1v) is 6.67. The Morgan fingerprint density at radius 1 is 1.50 bits per heavy atom. The summed E-state index contributed by atoms with van der Waals surface area (Å²) in [5, 5.41) is 13.0. The maximum atomic E-state index is 11.0. The predicted octanol–water partition coefficient (Wildman–Crippen LogP) is 3.05. The van der Waals surface area contributed by atoms with E-state index >= 15 is 0 Å². The summed E-state index contributed by atoms with van der Waals surface area (Å²) in [5.41, 5.74) is 2.10. The van der Waals surface area contributed by atoms with Gasteiger partial charge in [-0.15, -0.1) is 0 Å². The van der Waals surface area contributed by atoms with Crippen LogP contribution in [0.2, 0.25) is 0 Å². The molecule has 1 aromatic rings. The van der Waals surface area contributed by atoms with E-state index < -0.39 is 5.97 Å². The summed E-state index contributed by atoms with van der Waals surface area (Å²) in [7, 11) is 0. The van der Waals surface area contributed by atoms with Crippen molar-refractivity contribution in [3.05, 3.63) is 34.9 Å². The summed E-state index contributed by atoms with van der Waals surface area (Å²) < 4.78 is 0.817. The van der Waals surface area contributed by atoms with Crippen LogP contribution in [0.3, 0.4) is 0 Å². The number of halogens is 1. The van der Waals surface area contributed by atoms with Crippen molar-refractivity contribution in [3.63, 3.8) is 0 Å². The number of fused-ring (bicyclic) bond motifs is 2. The molecule has 1 aliphatic carbocycles. The largest absolute Gasteiger partial charge is 0.478 e. The van der Waals surface area contributed by atoms with Gasteiger partial charge in [0.15, 0.2) is 5.60 Å². The number of carbonyl (C=O) groups is 1. The molecule has 1 heterocycles. The van der Waals surface area contributed by atoms with Gasteiger partial charge in [0.25, 0.3) is 0 Å². The van der Waals surface area contributed by atoms with Crippen molar-refractivity contribution in [3.8, 4) is 0 Å². The number of carboxylic acids is 1. The third-order valence-corrected chi connectivity index (χ3v) is 4.05. The third kappa shape index (κ3) is 1.73. The van der Waals surface area contributed by atoms with Crippen LogP contribution in [0.5, 0.6) is 0 Å². The lowest BCUT2D eigenvalue weighted by Crippen LogP contribution is -2.30. The number of carboxylic acid groups (broad SMARTS) is 1. The molecule has 1 spiro atoms. The number of nitrogens with zero attached hydrogens (tertiary/aromatic N) is 1. The van der Waals surface area contributed by atoms with E-state index in [9.17, 15) is 4.79 Å². The molecule has 0 aromatic heterocycles. The molecule has 1 aliphatic heterocycles. The molecule has 4 nitrogen and oxygen atoms in total. The first-order valence-electron chi connectivity index (χ1n) is 5.88. The van der Waals surface area contributed by atoms with E-state index in [4.69, 9.17) is 9.94 Å². The molecule has 1 unspecified atom stereocenters. The first-order chi connectivity index (χ1) is 8.61. The van der Waals surface area contributed by atoms with Crippen LogP contribution in [-0.2, 0) is 16.9 Å². The number of aryl methyl sites for hydroxylation is 1. The van der Waals surface area contributed by atoms with Crippen molar-refractivity contribution < 1.29 is 14.7 Å². The molecular weight excluding hydrogens is 298 g/mol. The highest BCUT2D eigenvalue weighted by molar-refractivity contribution is 9.18. The van der Waals surface area contributed by atoms with Gasteiger partial charge in [-0.05, 0) is 52.9 Å². The molecule has 3 rings (SSSR count). The Bertz CT molecular complexity index is 555. The zero-order valence-corrected chi connectivity index (χ0v) is 11.2. The van der Waals surface area contributed by atoms with Crippen LogP contribution in [0.15, 0.2) is 23.4 Å². The fraction of sp³-hybridized carbons (Fsp3) is 0.385. The molecule has 94 valence electrons. The van der Waals surface area contributed by atoms with Crippen molar-refractivity contribution in [2.24, 2.45) is 5.16 Å². The highest BCUT2D eigenvalue weighted by Gasteiger charge is 2.43. The summed E-state index contributed by atoms with van der Waals surface area (Å²) in [5.74, 6) is -0.887. The van der Waals surface area contributed by atoms with Crippen molar-refractivity contribution in [2.45, 2.75) is 31.3 Å². The summed E-state index contributed by atoms with van der Waals surface area (Å²) >= 11 is 3.37. The van der Waals surface area contributed by atoms with Crippen LogP contribution < -0.4 is 0 Å². The summed E-state index contributed by atoms with van der Waals surface area (Å²) in [4.78, 5) is 16.6. The number of aromatic carboxylic acids is 1. The normalized spacial score (nSPS) is 25.5. The lowest BCUT2D eigenvalue weighted by Gasteiger charge is -2.33. The van der Waals surface area contributed by atoms with E-state index in [1.165, 1.54) is 0 Å². The quantitative estimate of drug-likeness (QED) is 0.867. The highest BCUT2D eigenvalue weighted by Crippen LogP contribution is 2.45. The molecule has 0 bridgehead atoms. The van der Waals surface area contributed by atoms with Crippen LogP contribution in [0, 0.1) is 0 Å². The van der Waals surface area contributed by atoms with Crippen LogP contribution in [0.4, 0.5) is 0 Å². The molecular formula is C13H12BrNO3. The molecule has 1 N–H and O–H groups in total. The maximum absolute atomic E-state index is 11.0. The predicted molar refractivity (Wildman–Crippen MR) is 70.1 cm³/mol. The number of benzene rings is 1. The molecule has 2 aliphatic rings. The fourth-order valence-corrected chi connectivity index (χ4v) is 3.32. The van der Waals surface area contributed by atoms with Crippen molar-refractivity contribution >= 4 is 26.5 Å². The molecule has 0 saturated carbocycles. The first kappa shape index (κ1) is 11.7. The monoisotopic (exact) mass is 309 g/mol. The molecule has 0 radical (unpaired) electrons. The maximum Gasteiger partial charge on any atom is 0.335 e. The van der Waals surface area contributed by atoms with Crippen LogP contribution in [0.1, 0.15) is 40.7 Å². The zero-order valence-electron chi connectivity index (χ0n) is 9.65. The van der Waals surface area contributed by atoms with Gasteiger partial charge in [0.2, 0.25) is 0 Å². The zero-order chi connectivity index (χ0) is 12.8. The lowest BCUT2D eigenvalue weighted by atomic mass is 9.77. The minimum atomic E-state index is -0.887. The average molecular weight is 310 g/mol. The molecule has 0 saturated heterocycles. The Balaban J connectivity index is 2.05. The topological polar surface area (TPSA) is 58.9 Å². The Morgan fingerprint density at radius 3 is 3.00 bits per heavy atom. The minimum Gasteiger partial charge on any atom is -0.478 e. The standard InChI is InChI=1S/C13H12BrNO3/c14-11-7-13(18-15-11)5-1-2-8-6-9(12(16)17)3-4-10(8)13/h3-4,6H,1-2,5,7H2,(H,16,17). The van der Waals surface area contributed by atoms with E-state index in [0.29, 0.717) is 5.56 Å². The second kappa shape index (κ2) is 4.09. The molecule has 5 heteroatoms. The van der Waals surface area contributed by atoms with Gasteiger partial charge in [-0.1, -0.05) is 11.2 Å². The van der Waals surface area contributed by atoms with Gasteiger partial charge in [-0.3, -0.25) is 0 Å². The third-order valence-electron chi connectivity index (χ3n) is 3.62. The number of hydrogen-bond acceptors (Lipinski definition) is 3. The van der Waals surface area contributed by atoms with Crippen molar-refractivity contribution in [1.82, 2.24) is 0 Å². The smallest absolute Gasteiger partial charge is 0.335 e. The summed E-state index contributed by atoms with van der Waals surface area (Å²) in [6, 6.07) is 5.27. The molecule has 1 atom stereocenters. The Labute approximate surface area is 113 Å². The molecule has 18 heavy (non-hydrogen) atoms. The molecule has 0 fully saturated rings. The van der Waals surface area contributed by atoms with Gasteiger partial charge in [-0.2, -0.15) is 0 Å². The van der Waals surface area contributed by atoms with E-state index in [1.807, 2.05) is 6.07 Å². The second-order valence-electron chi connectivity index (χ2n) is 4.76. The molecule has 0 amide bonds. The van der Waals surface area contributed by atoms with E-state index in [-0.39, 0.29) is 5.60 Å². The van der Waals surface area contributed by atoms with E-state index in [1.54, 1.807) is 12.1 Å². The van der Waals surface area contributed by atoms with Gasteiger partial charge in [0, 0.05) is 12.0 Å². The minimum absolute atomic E-state index is 0.337. The van der Waals surface area contributed by atoms with E-state index in [0.717, 1.165) is 41.4 Å². The summed E-state index contributed by atoms with van der Waals surface area (Å²) in [6.07, 6.45) is 3.54. The average Bonchev–Trinajstić information content (AvgIpc) is 2.71. The van der Waals surface area contributed by atoms with Crippen LogP contribution in [0.25, 0.3) is 0 Å². The number of rotatable bonds is 1. The summed E-state index contributed by atoms with van der Waals surface area (Å²) in [6.45, 7) is 0. The van der Waals surface area contributed by atoms with Gasteiger partial charge in [0.05, 0.1) is 5.56 Å². The van der Waals surface area contributed by atoms with Crippen molar-refractivity contribution in [1.29, 1.82) is 0 Å². The highest BCUT2D eigenvalue weighted by atomic mass is 79.9. The van der Waals surface area contributed by atoms with Crippen LogP contribution >= 0.6 is 15.9 Å². The second-order valence-corrected chi connectivity index (χ2v) is 5.68. The number of hydrogen-bond donors (Lipinski definition) is 1. The SMILES string of the molecule is O=C(O)c1ccc2c(c1)CCCC21CC(Br)=NO1. The van der Waals surface area contributed by atoms with Gasteiger partial charge < -0.3 is 9.94 Å². The fourth-order valence-electron chi connectivity index (χ4n) is 2.79. The van der Waals surface area contributed by atoms with E-state index in [2.05, 4.69) is 21.1 Å².